The third-order valence-corrected chi connectivity index (χ3v) is 5.05. The van der Waals surface area contributed by atoms with Crippen molar-refractivity contribution < 1.29 is 13.0 Å². The molecule has 1 aromatic carbocycles. The fourth-order valence-corrected chi connectivity index (χ4v) is 3.69. The molecule has 0 aliphatic heterocycles. The zero-order valence-corrected chi connectivity index (χ0v) is 14.2. The van der Waals surface area contributed by atoms with E-state index >= 15 is 0 Å². The van der Waals surface area contributed by atoms with Gasteiger partial charge in [0.1, 0.15) is 11.5 Å². The first-order chi connectivity index (χ1) is 9.62. The lowest BCUT2D eigenvalue weighted by Crippen LogP contribution is -2.15. The van der Waals surface area contributed by atoms with E-state index in [1.165, 1.54) is 12.1 Å². The Balaban J connectivity index is 2.59. The van der Waals surface area contributed by atoms with Crippen molar-refractivity contribution in [2.75, 3.05) is 0 Å². The standard InChI is InChI=1S/C10H3Cl5F2N2OS/c11-4-1-5(12)7(6(13)2-4)19-3-18-9(8(19)14)21(20)10(15,16)17/h1-3H. The van der Waals surface area contributed by atoms with Crippen molar-refractivity contribution in [3.63, 3.8) is 0 Å². The van der Waals surface area contributed by atoms with E-state index in [4.69, 9.17) is 58.0 Å². The lowest BCUT2D eigenvalue weighted by molar-refractivity contribution is 0.195. The molecule has 0 saturated carbocycles. The molecule has 0 amide bonds. The summed E-state index contributed by atoms with van der Waals surface area (Å²) in [5.41, 5.74) is 0.168. The van der Waals surface area contributed by atoms with Gasteiger partial charge in [0.15, 0.2) is 15.8 Å². The number of hydrogen-bond donors (Lipinski definition) is 0. The fourth-order valence-electron chi connectivity index (χ4n) is 1.47. The summed E-state index contributed by atoms with van der Waals surface area (Å²) in [5, 5.41) is -0.428. The van der Waals surface area contributed by atoms with E-state index < -0.39 is 20.5 Å². The van der Waals surface area contributed by atoms with E-state index in [1.54, 1.807) is 0 Å². The van der Waals surface area contributed by atoms with Crippen LogP contribution in [0.15, 0.2) is 23.5 Å². The number of alkyl halides is 3. The van der Waals surface area contributed by atoms with E-state index in [1.807, 2.05) is 0 Å². The van der Waals surface area contributed by atoms with Gasteiger partial charge in [0.05, 0.1) is 15.7 Å². The molecule has 0 radical (unpaired) electrons. The number of benzene rings is 1. The second-order valence-corrected chi connectivity index (χ2v) is 7.39. The van der Waals surface area contributed by atoms with Gasteiger partial charge < -0.3 is 0 Å². The summed E-state index contributed by atoms with van der Waals surface area (Å²) < 4.78 is 34.4. The molecule has 0 bridgehead atoms. The highest BCUT2D eigenvalue weighted by atomic mass is 35.5. The zero-order valence-electron chi connectivity index (χ0n) is 9.59. The molecule has 1 heterocycles. The Bertz CT molecular complexity index is 708. The van der Waals surface area contributed by atoms with Gasteiger partial charge in [-0.1, -0.05) is 46.4 Å². The van der Waals surface area contributed by atoms with Gasteiger partial charge >= 0.3 is 4.71 Å². The topological polar surface area (TPSA) is 34.9 Å². The molecule has 1 atom stereocenters. The molecule has 2 aromatic rings. The van der Waals surface area contributed by atoms with Crippen LogP contribution in [0.25, 0.3) is 5.69 Å². The Hall–Kier alpha value is -0.110. The van der Waals surface area contributed by atoms with Crippen molar-refractivity contribution >= 4 is 68.8 Å². The van der Waals surface area contributed by atoms with Crippen LogP contribution in [0.5, 0.6) is 0 Å². The molecule has 1 unspecified atom stereocenters. The van der Waals surface area contributed by atoms with Crippen LogP contribution in [0, 0.1) is 0 Å². The molecule has 0 fully saturated rings. The summed E-state index contributed by atoms with van der Waals surface area (Å²) in [4.78, 5) is 3.58. The van der Waals surface area contributed by atoms with E-state index in [0.717, 1.165) is 10.9 Å². The van der Waals surface area contributed by atoms with Gasteiger partial charge in [-0.3, -0.25) is 4.57 Å². The first kappa shape index (κ1) is 17.2. The highest BCUT2D eigenvalue weighted by Gasteiger charge is 2.38. The molecule has 3 nitrogen and oxygen atoms in total. The molecule has 21 heavy (non-hydrogen) atoms. The van der Waals surface area contributed by atoms with Gasteiger partial charge in [0.2, 0.25) is 0 Å². The summed E-state index contributed by atoms with van der Waals surface area (Å²) in [6.07, 6.45) is 1.05. The number of nitrogens with zero attached hydrogens (tertiary/aromatic N) is 2. The Morgan fingerprint density at radius 2 is 1.67 bits per heavy atom. The lowest BCUT2D eigenvalue weighted by Gasteiger charge is -2.10. The van der Waals surface area contributed by atoms with Crippen molar-refractivity contribution in [3.05, 3.63) is 38.7 Å². The number of rotatable bonds is 3. The molecule has 2 rings (SSSR count). The molecule has 0 spiro atoms. The van der Waals surface area contributed by atoms with Gasteiger partial charge in [-0.05, 0) is 23.7 Å². The maximum absolute atomic E-state index is 12.9. The van der Waals surface area contributed by atoms with E-state index in [9.17, 15) is 13.0 Å². The minimum absolute atomic E-state index is 0.113. The largest absolute Gasteiger partial charge is 0.404 e. The van der Waals surface area contributed by atoms with Gasteiger partial charge in [0.25, 0.3) is 0 Å². The van der Waals surface area contributed by atoms with Crippen LogP contribution in [0.2, 0.25) is 20.2 Å². The van der Waals surface area contributed by atoms with Crippen molar-refractivity contribution in [1.29, 1.82) is 0 Å². The predicted molar refractivity (Wildman–Crippen MR) is 80.8 cm³/mol. The summed E-state index contributed by atoms with van der Waals surface area (Å²) >= 11 is 28.4. The molecule has 0 saturated heterocycles. The van der Waals surface area contributed by atoms with Crippen molar-refractivity contribution in [2.45, 2.75) is 9.74 Å². The van der Waals surface area contributed by atoms with Gasteiger partial charge in [-0.25, -0.2) is 9.19 Å². The van der Waals surface area contributed by atoms with Crippen LogP contribution in [-0.2, 0) is 10.8 Å². The SMILES string of the molecule is O=S(c1ncn(-c2c(Cl)cc(Cl)cc2Cl)c1Cl)C(F)(F)Cl. The molecule has 1 aromatic heterocycles. The second kappa shape index (κ2) is 6.18. The van der Waals surface area contributed by atoms with Crippen LogP contribution in [0.4, 0.5) is 8.78 Å². The molecule has 0 N–H and O–H groups in total. The average Bonchev–Trinajstić information content (AvgIpc) is 2.68. The van der Waals surface area contributed by atoms with Crippen LogP contribution in [0.1, 0.15) is 0 Å². The summed E-state index contributed by atoms with van der Waals surface area (Å²) in [7, 11) is -2.93. The van der Waals surface area contributed by atoms with Crippen molar-refractivity contribution in [3.8, 4) is 5.69 Å². The molecule has 11 heteroatoms. The van der Waals surface area contributed by atoms with Crippen molar-refractivity contribution in [1.82, 2.24) is 9.55 Å². The van der Waals surface area contributed by atoms with Gasteiger partial charge in [0, 0.05) is 5.02 Å². The minimum Gasteiger partial charge on any atom is -0.286 e. The highest BCUT2D eigenvalue weighted by molar-refractivity contribution is 7.87. The number of imidazole rings is 1. The molecular formula is C10H3Cl5F2N2OS. The number of hydrogen-bond acceptors (Lipinski definition) is 2. The molecular weight excluding hydrogens is 411 g/mol. The third kappa shape index (κ3) is 3.46. The maximum atomic E-state index is 12.9. The summed E-state index contributed by atoms with van der Waals surface area (Å²) in [5.74, 6) is 0. The molecule has 0 aliphatic carbocycles. The fraction of sp³-hybridized carbons (Fsp3) is 0.100. The van der Waals surface area contributed by atoms with Crippen LogP contribution in [-0.4, -0.2) is 18.5 Å². The van der Waals surface area contributed by atoms with Crippen molar-refractivity contribution in [2.24, 2.45) is 0 Å². The van der Waals surface area contributed by atoms with Gasteiger partial charge in [-0.2, -0.15) is 8.78 Å². The van der Waals surface area contributed by atoms with Crippen LogP contribution >= 0.6 is 58.0 Å². The lowest BCUT2D eigenvalue weighted by atomic mass is 10.3. The maximum Gasteiger partial charge on any atom is 0.404 e. The van der Waals surface area contributed by atoms with E-state index in [0.29, 0.717) is 0 Å². The van der Waals surface area contributed by atoms with Gasteiger partial charge in [-0.15, -0.1) is 0 Å². The third-order valence-electron chi connectivity index (χ3n) is 2.29. The zero-order chi connectivity index (χ0) is 15.9. The number of aromatic nitrogens is 2. The normalized spacial score (nSPS) is 13.5. The Morgan fingerprint density at radius 3 is 2.14 bits per heavy atom. The van der Waals surface area contributed by atoms with Crippen LogP contribution in [0.3, 0.4) is 0 Å². The first-order valence-electron chi connectivity index (χ1n) is 4.99. The van der Waals surface area contributed by atoms with E-state index in [-0.39, 0.29) is 25.9 Å². The summed E-state index contributed by atoms with van der Waals surface area (Å²) in [6.45, 7) is 0. The van der Waals surface area contributed by atoms with E-state index in [2.05, 4.69) is 4.98 Å². The second-order valence-electron chi connectivity index (χ2n) is 3.64. The number of halogens is 7. The first-order valence-corrected chi connectivity index (χ1v) is 8.03. The minimum atomic E-state index is -4.00. The summed E-state index contributed by atoms with van der Waals surface area (Å²) in [6, 6.07) is 2.76. The monoisotopic (exact) mass is 412 g/mol. The molecule has 114 valence electrons. The predicted octanol–water partition coefficient (Wildman–Crippen LogP) is 5.38. The Morgan fingerprint density at radius 1 is 1.14 bits per heavy atom. The highest BCUT2D eigenvalue weighted by Crippen LogP contribution is 2.37. The van der Waals surface area contributed by atoms with Crippen LogP contribution < -0.4 is 0 Å². The molecule has 0 aliphatic rings. The quantitative estimate of drug-likeness (QED) is 0.632. The Kier molecular flexibility index (Phi) is 5.08. The average molecular weight is 414 g/mol. The smallest absolute Gasteiger partial charge is 0.286 e. The Labute approximate surface area is 145 Å².